The van der Waals surface area contributed by atoms with Gasteiger partial charge in [-0.25, -0.2) is 4.39 Å². The van der Waals surface area contributed by atoms with Gasteiger partial charge in [-0.15, -0.1) is 0 Å². The van der Waals surface area contributed by atoms with E-state index in [4.69, 9.17) is 5.73 Å². The van der Waals surface area contributed by atoms with E-state index in [-0.39, 0.29) is 11.4 Å². The molecule has 112 valence electrons. The van der Waals surface area contributed by atoms with Gasteiger partial charge in [-0.3, -0.25) is 0 Å². The first-order valence-corrected chi connectivity index (χ1v) is 7.84. The Labute approximate surface area is 122 Å². The number of rotatable bonds is 4. The van der Waals surface area contributed by atoms with Gasteiger partial charge in [0.2, 0.25) is 0 Å². The van der Waals surface area contributed by atoms with E-state index in [2.05, 4.69) is 18.7 Å². The number of nitrogens with zero attached hydrogens (tertiary/aromatic N) is 1. The van der Waals surface area contributed by atoms with Gasteiger partial charge in [-0.2, -0.15) is 0 Å². The van der Waals surface area contributed by atoms with E-state index in [9.17, 15) is 4.39 Å². The van der Waals surface area contributed by atoms with Gasteiger partial charge in [0.15, 0.2) is 0 Å². The minimum atomic E-state index is -0.171. The number of likely N-dealkylation sites (N-methyl/N-ethyl adjacent to an activating group) is 1. The van der Waals surface area contributed by atoms with E-state index < -0.39 is 0 Å². The van der Waals surface area contributed by atoms with Crippen LogP contribution in [-0.4, -0.2) is 18.6 Å². The summed E-state index contributed by atoms with van der Waals surface area (Å²) in [4.78, 5) is 2.33. The second kappa shape index (κ2) is 6.57. The number of anilines is 1. The van der Waals surface area contributed by atoms with Crippen LogP contribution in [0.15, 0.2) is 24.3 Å². The molecule has 2 rings (SSSR count). The van der Waals surface area contributed by atoms with Gasteiger partial charge in [-0.1, -0.05) is 25.8 Å². The second-order valence-corrected chi connectivity index (χ2v) is 6.19. The van der Waals surface area contributed by atoms with Gasteiger partial charge < -0.3 is 10.6 Å². The molecule has 0 radical (unpaired) electrons. The van der Waals surface area contributed by atoms with E-state index in [1.807, 2.05) is 6.07 Å². The monoisotopic (exact) mass is 278 g/mol. The molecule has 20 heavy (non-hydrogen) atoms. The maximum Gasteiger partial charge on any atom is 0.125 e. The van der Waals surface area contributed by atoms with Gasteiger partial charge in [0.25, 0.3) is 0 Å². The van der Waals surface area contributed by atoms with E-state index in [0.29, 0.717) is 6.54 Å². The Balaban J connectivity index is 2.31. The van der Waals surface area contributed by atoms with Gasteiger partial charge in [0.05, 0.1) is 5.54 Å². The zero-order valence-corrected chi connectivity index (χ0v) is 12.7. The molecule has 0 aromatic heterocycles. The van der Waals surface area contributed by atoms with Crippen LogP contribution in [0.2, 0.25) is 0 Å². The number of nitrogens with two attached hydrogens (primary N) is 1. The van der Waals surface area contributed by atoms with Crippen LogP contribution in [0.4, 0.5) is 10.1 Å². The van der Waals surface area contributed by atoms with E-state index in [1.54, 1.807) is 12.1 Å². The summed E-state index contributed by atoms with van der Waals surface area (Å²) in [5.74, 6) is 0.602. The second-order valence-electron chi connectivity index (χ2n) is 6.19. The zero-order chi connectivity index (χ0) is 14.6. The fourth-order valence-corrected chi connectivity index (χ4v) is 3.58. The molecule has 0 spiro atoms. The first-order valence-electron chi connectivity index (χ1n) is 7.84. The summed E-state index contributed by atoms with van der Waals surface area (Å²) in [5, 5.41) is 0. The predicted molar refractivity (Wildman–Crippen MR) is 83.5 cm³/mol. The van der Waals surface area contributed by atoms with Crippen LogP contribution in [0.5, 0.6) is 0 Å². The summed E-state index contributed by atoms with van der Waals surface area (Å²) in [6.45, 7) is 5.97. The summed E-state index contributed by atoms with van der Waals surface area (Å²) >= 11 is 0. The van der Waals surface area contributed by atoms with Crippen molar-refractivity contribution in [2.45, 2.75) is 51.5 Å². The summed E-state index contributed by atoms with van der Waals surface area (Å²) in [6.07, 6.45) is 5.92. The molecule has 2 atom stereocenters. The molecule has 1 fully saturated rings. The van der Waals surface area contributed by atoms with Crippen LogP contribution >= 0.6 is 0 Å². The van der Waals surface area contributed by atoms with E-state index >= 15 is 0 Å². The molecule has 1 aliphatic rings. The maximum atomic E-state index is 13.5. The molecule has 1 aliphatic carbocycles. The summed E-state index contributed by atoms with van der Waals surface area (Å²) < 4.78 is 13.5. The molecule has 1 aromatic rings. The zero-order valence-electron chi connectivity index (χ0n) is 12.7. The SMILES string of the molecule is CCN(c1cccc(F)c1)C1(CN)CCCC(C)CC1. The first kappa shape index (κ1) is 15.3. The third-order valence-electron chi connectivity index (χ3n) is 4.83. The van der Waals surface area contributed by atoms with Crippen molar-refractivity contribution in [1.82, 2.24) is 0 Å². The van der Waals surface area contributed by atoms with Crippen LogP contribution in [0, 0.1) is 11.7 Å². The first-order chi connectivity index (χ1) is 9.61. The van der Waals surface area contributed by atoms with Crippen LogP contribution in [0.25, 0.3) is 0 Å². The topological polar surface area (TPSA) is 29.3 Å². The minimum absolute atomic E-state index is 0.00664. The maximum absolute atomic E-state index is 13.5. The Bertz CT molecular complexity index is 435. The standard InChI is InChI=1S/C17H27FN2/c1-3-20(16-8-4-7-15(18)12-16)17(13-19)10-5-6-14(2)9-11-17/h4,7-8,12,14H,3,5-6,9-11,13,19H2,1-2H3. The fraction of sp³-hybridized carbons (Fsp3) is 0.647. The van der Waals surface area contributed by atoms with Crippen molar-refractivity contribution >= 4 is 5.69 Å². The molecule has 2 N–H and O–H groups in total. The highest BCUT2D eigenvalue weighted by molar-refractivity contribution is 5.49. The van der Waals surface area contributed by atoms with Crippen molar-refractivity contribution in [3.8, 4) is 0 Å². The lowest BCUT2D eigenvalue weighted by molar-refractivity contribution is 0.345. The highest BCUT2D eigenvalue weighted by Crippen LogP contribution is 2.37. The third kappa shape index (κ3) is 3.14. The molecule has 0 amide bonds. The number of halogens is 1. The van der Waals surface area contributed by atoms with Crippen molar-refractivity contribution in [3.05, 3.63) is 30.1 Å². The van der Waals surface area contributed by atoms with Crippen molar-refractivity contribution < 1.29 is 4.39 Å². The van der Waals surface area contributed by atoms with Gasteiger partial charge in [-0.05, 0) is 50.3 Å². The van der Waals surface area contributed by atoms with Crippen LogP contribution in [0.1, 0.15) is 46.0 Å². The quantitative estimate of drug-likeness (QED) is 0.845. The Morgan fingerprint density at radius 2 is 2.15 bits per heavy atom. The van der Waals surface area contributed by atoms with Gasteiger partial charge >= 0.3 is 0 Å². The van der Waals surface area contributed by atoms with E-state index in [0.717, 1.165) is 31.0 Å². The lowest BCUT2D eigenvalue weighted by Gasteiger charge is -2.44. The van der Waals surface area contributed by atoms with Crippen molar-refractivity contribution in [2.24, 2.45) is 11.7 Å². The molecule has 0 saturated heterocycles. The predicted octanol–water partition coefficient (Wildman–Crippen LogP) is 3.95. The average Bonchev–Trinajstić information content (AvgIpc) is 2.63. The summed E-state index contributed by atoms with van der Waals surface area (Å²) in [7, 11) is 0. The summed E-state index contributed by atoms with van der Waals surface area (Å²) in [6, 6.07) is 6.92. The molecular formula is C17H27FN2. The molecular weight excluding hydrogens is 251 g/mol. The normalized spacial score (nSPS) is 27.1. The highest BCUT2D eigenvalue weighted by Gasteiger charge is 2.36. The Morgan fingerprint density at radius 3 is 2.80 bits per heavy atom. The molecule has 2 unspecified atom stereocenters. The molecule has 2 nitrogen and oxygen atoms in total. The highest BCUT2D eigenvalue weighted by atomic mass is 19.1. The van der Waals surface area contributed by atoms with Gasteiger partial charge in [0.1, 0.15) is 5.82 Å². The van der Waals surface area contributed by atoms with Crippen molar-refractivity contribution in [1.29, 1.82) is 0 Å². The lowest BCUT2D eigenvalue weighted by Crippen LogP contribution is -2.54. The summed E-state index contributed by atoms with van der Waals surface area (Å²) in [5.41, 5.74) is 7.13. The molecule has 3 heteroatoms. The number of benzene rings is 1. The molecule has 1 aromatic carbocycles. The molecule has 1 saturated carbocycles. The Morgan fingerprint density at radius 1 is 1.35 bits per heavy atom. The molecule has 0 heterocycles. The lowest BCUT2D eigenvalue weighted by atomic mass is 9.87. The largest absolute Gasteiger partial charge is 0.365 e. The van der Waals surface area contributed by atoms with Crippen molar-refractivity contribution in [3.63, 3.8) is 0 Å². The van der Waals surface area contributed by atoms with Crippen LogP contribution in [0.3, 0.4) is 0 Å². The number of hydrogen-bond donors (Lipinski definition) is 1. The Hall–Kier alpha value is -1.09. The Kier molecular flexibility index (Phi) is 5.03. The average molecular weight is 278 g/mol. The third-order valence-corrected chi connectivity index (χ3v) is 4.83. The van der Waals surface area contributed by atoms with E-state index in [1.165, 1.54) is 25.3 Å². The molecule has 0 aliphatic heterocycles. The van der Waals surface area contributed by atoms with Crippen LogP contribution < -0.4 is 10.6 Å². The molecule has 0 bridgehead atoms. The van der Waals surface area contributed by atoms with Crippen molar-refractivity contribution in [2.75, 3.05) is 18.0 Å². The minimum Gasteiger partial charge on any atom is -0.365 e. The smallest absolute Gasteiger partial charge is 0.125 e. The number of hydrogen-bond acceptors (Lipinski definition) is 2. The van der Waals surface area contributed by atoms with Gasteiger partial charge in [0, 0.05) is 18.8 Å². The van der Waals surface area contributed by atoms with Crippen LogP contribution in [-0.2, 0) is 0 Å². The fourth-order valence-electron chi connectivity index (χ4n) is 3.58.